The lowest BCUT2D eigenvalue weighted by atomic mass is 9.95. The number of carbonyl (C=O) groups excluding carboxylic acids is 7. The molecule has 5 aliphatic rings. The Kier molecular flexibility index (Phi) is 15.4. The highest BCUT2D eigenvalue weighted by Gasteiger charge is 2.62. The normalized spacial score (nSPS) is 37.2. The van der Waals surface area contributed by atoms with Gasteiger partial charge in [0.2, 0.25) is 0 Å². The zero-order valence-electron chi connectivity index (χ0n) is 35.7. The average Bonchev–Trinajstić information content (AvgIpc) is 3.62. The summed E-state index contributed by atoms with van der Waals surface area (Å²) in [6.07, 6.45) is -20.1. The third-order valence-electron chi connectivity index (χ3n) is 9.56. The van der Waals surface area contributed by atoms with Crippen molar-refractivity contribution < 1.29 is 109 Å². The molecule has 5 rings (SSSR count). The van der Waals surface area contributed by atoms with E-state index in [-0.39, 0.29) is 6.61 Å². The average molecular weight is 879 g/mol. The van der Waals surface area contributed by atoms with Crippen LogP contribution >= 0.6 is 0 Å². The Morgan fingerprint density at radius 1 is 0.410 bits per heavy atom. The second-order valence-electron chi connectivity index (χ2n) is 15.7. The molecule has 0 saturated carbocycles. The number of hydrogen-bond acceptors (Lipinski definition) is 23. The lowest BCUT2D eigenvalue weighted by molar-refractivity contribution is -0.364. The van der Waals surface area contributed by atoms with Crippen LogP contribution in [0.1, 0.15) is 76.2 Å². The van der Waals surface area contributed by atoms with Crippen molar-refractivity contribution in [2.24, 2.45) is 0 Å². The van der Waals surface area contributed by atoms with E-state index in [1.807, 2.05) is 0 Å². The molecule has 0 bridgehead atoms. The molecule has 23 nitrogen and oxygen atoms in total. The molecule has 5 heterocycles. The summed E-state index contributed by atoms with van der Waals surface area (Å²) in [6, 6.07) is 0. The Morgan fingerprint density at radius 2 is 0.820 bits per heavy atom. The highest BCUT2D eigenvalue weighted by Crippen LogP contribution is 2.45. The van der Waals surface area contributed by atoms with E-state index in [2.05, 4.69) is 0 Å². The SMILES string of the molecule is CC(=O)OCC1O[C@H](O[C@@H]2C(COC(C)=O)O[C@@H](OCC3O[C@@H]4OC(C)(C)OC4C4OC(C)(C)O[C@@H]34)C(OC(C)=O)C2OC(C)=O)C(OC(C)=O)C(OC(C)=O)[C@@H]1OC(C)=O. The largest absolute Gasteiger partial charge is 0.463 e. The van der Waals surface area contributed by atoms with Crippen LogP contribution in [0.5, 0.6) is 0 Å². The Labute approximate surface area is 350 Å². The van der Waals surface area contributed by atoms with E-state index in [1.54, 1.807) is 27.7 Å². The molecule has 0 aromatic rings. The number of ether oxygens (including phenoxy) is 16. The predicted octanol–water partition coefficient (Wildman–Crippen LogP) is 0.0192. The summed E-state index contributed by atoms with van der Waals surface area (Å²) >= 11 is 0. The first-order valence-corrected chi connectivity index (χ1v) is 19.5. The van der Waals surface area contributed by atoms with Gasteiger partial charge in [-0.25, -0.2) is 0 Å². The van der Waals surface area contributed by atoms with Crippen molar-refractivity contribution in [2.45, 2.75) is 180 Å². The van der Waals surface area contributed by atoms with Crippen LogP contribution in [0.25, 0.3) is 0 Å². The Balaban J connectivity index is 1.51. The summed E-state index contributed by atoms with van der Waals surface area (Å²) in [4.78, 5) is 86.9. The Morgan fingerprint density at radius 3 is 1.34 bits per heavy atom. The van der Waals surface area contributed by atoms with E-state index < -0.39 is 159 Å². The van der Waals surface area contributed by atoms with Crippen LogP contribution in [0.3, 0.4) is 0 Å². The molecule has 23 heteroatoms. The van der Waals surface area contributed by atoms with E-state index in [4.69, 9.17) is 75.8 Å². The van der Waals surface area contributed by atoms with Gasteiger partial charge < -0.3 is 75.8 Å². The van der Waals surface area contributed by atoms with Crippen LogP contribution in [-0.4, -0.2) is 165 Å². The first-order chi connectivity index (χ1) is 28.4. The van der Waals surface area contributed by atoms with Crippen LogP contribution in [0.2, 0.25) is 0 Å². The fourth-order valence-electron chi connectivity index (χ4n) is 7.62. The lowest BCUT2D eigenvalue weighted by Gasteiger charge is -2.48. The Bertz CT molecular complexity index is 1650. The van der Waals surface area contributed by atoms with Gasteiger partial charge in [-0.05, 0) is 27.7 Å². The number of rotatable bonds is 14. The summed E-state index contributed by atoms with van der Waals surface area (Å²) < 4.78 is 94.2. The maximum atomic E-state index is 12.8. The first kappa shape index (κ1) is 48.0. The van der Waals surface area contributed by atoms with Gasteiger partial charge in [0.05, 0.1) is 6.61 Å². The van der Waals surface area contributed by atoms with E-state index in [9.17, 15) is 33.6 Å². The highest BCUT2D eigenvalue weighted by molar-refractivity contribution is 5.69. The van der Waals surface area contributed by atoms with Crippen LogP contribution < -0.4 is 0 Å². The van der Waals surface area contributed by atoms with Crippen molar-refractivity contribution in [1.82, 2.24) is 0 Å². The van der Waals surface area contributed by atoms with Gasteiger partial charge in [-0.15, -0.1) is 0 Å². The molecule has 0 spiro atoms. The Hall–Kier alpha value is -4.07. The fraction of sp³-hybridized carbons (Fsp3) is 0.816. The molecule has 15 atom stereocenters. The maximum absolute atomic E-state index is 12.8. The molecule has 5 aliphatic heterocycles. The first-order valence-electron chi connectivity index (χ1n) is 19.5. The summed E-state index contributed by atoms with van der Waals surface area (Å²) in [6.45, 7) is 12.8. The minimum atomic E-state index is -1.84. The van der Waals surface area contributed by atoms with E-state index in [1.165, 1.54) is 0 Å². The third kappa shape index (κ3) is 12.3. The zero-order valence-corrected chi connectivity index (χ0v) is 35.7. The molecule has 0 N–H and O–H groups in total. The zero-order chi connectivity index (χ0) is 45.1. The van der Waals surface area contributed by atoms with Crippen molar-refractivity contribution in [3.8, 4) is 0 Å². The summed E-state index contributed by atoms with van der Waals surface area (Å²) in [5.74, 6) is -8.12. The summed E-state index contributed by atoms with van der Waals surface area (Å²) in [5, 5.41) is 0. The van der Waals surface area contributed by atoms with Gasteiger partial charge in [0.25, 0.3) is 0 Å². The van der Waals surface area contributed by atoms with Crippen LogP contribution in [0, 0.1) is 0 Å². The molecule has 0 radical (unpaired) electrons. The molecule has 0 amide bonds. The molecule has 0 aromatic carbocycles. The van der Waals surface area contributed by atoms with Gasteiger partial charge in [-0.1, -0.05) is 0 Å². The van der Waals surface area contributed by atoms with Gasteiger partial charge in [-0.2, -0.15) is 0 Å². The van der Waals surface area contributed by atoms with Crippen LogP contribution in [0.4, 0.5) is 0 Å². The monoisotopic (exact) mass is 878 g/mol. The topological polar surface area (TPSA) is 267 Å². The molecule has 5 saturated heterocycles. The second kappa shape index (κ2) is 19.5. The molecule has 0 aliphatic carbocycles. The van der Waals surface area contributed by atoms with Gasteiger partial charge in [-0.3, -0.25) is 33.6 Å². The number of hydrogen-bond donors (Lipinski definition) is 0. The summed E-state index contributed by atoms with van der Waals surface area (Å²) in [7, 11) is 0. The standard InChI is InChI=1S/C38H54O23/c1-15(39)46-12-22-25(49-17(3)41)28(50-18(4)42)32(53-21(7)45)35(55-22)57-26-23(13-47-16(2)40)54-34(31(52-20(6)44)29(26)51-19(5)43)48-14-24-27-30(59-37(8,9)58-27)33-36(56-24)61-38(10,11)60-33/h22-36H,12-14H2,1-11H3/t22?,23?,24?,25-,26-,27+,28?,29?,30?,31?,32?,33?,34-,35-,36-/m1/s1. The second-order valence-corrected chi connectivity index (χ2v) is 15.7. The van der Waals surface area contributed by atoms with Gasteiger partial charge in [0.1, 0.15) is 55.9 Å². The third-order valence-corrected chi connectivity index (χ3v) is 9.56. The smallest absolute Gasteiger partial charge is 0.303 e. The molecular weight excluding hydrogens is 824 g/mol. The van der Waals surface area contributed by atoms with Gasteiger partial charge >= 0.3 is 41.8 Å². The number of fused-ring (bicyclic) bond motifs is 3. The number of esters is 7. The van der Waals surface area contributed by atoms with E-state index >= 15 is 0 Å². The minimum Gasteiger partial charge on any atom is -0.463 e. The highest BCUT2D eigenvalue weighted by atomic mass is 16.9. The molecule has 5 fully saturated rings. The minimum absolute atomic E-state index is 0.325. The van der Waals surface area contributed by atoms with Crippen molar-refractivity contribution in [3.05, 3.63) is 0 Å². The summed E-state index contributed by atoms with van der Waals surface area (Å²) in [5.41, 5.74) is 0. The van der Waals surface area contributed by atoms with E-state index in [0.29, 0.717) is 0 Å². The molecule has 344 valence electrons. The predicted molar refractivity (Wildman–Crippen MR) is 192 cm³/mol. The van der Waals surface area contributed by atoms with Crippen molar-refractivity contribution >= 4 is 41.8 Å². The molecule has 0 aromatic heterocycles. The van der Waals surface area contributed by atoms with Gasteiger partial charge in [0, 0.05) is 48.5 Å². The van der Waals surface area contributed by atoms with Crippen molar-refractivity contribution in [1.29, 1.82) is 0 Å². The van der Waals surface area contributed by atoms with Crippen molar-refractivity contribution in [3.63, 3.8) is 0 Å². The quantitative estimate of drug-likeness (QED) is 0.164. The van der Waals surface area contributed by atoms with Gasteiger partial charge in [0.15, 0.2) is 61.0 Å². The van der Waals surface area contributed by atoms with Crippen LogP contribution in [-0.2, 0) is 109 Å². The lowest BCUT2D eigenvalue weighted by Crippen LogP contribution is -2.67. The van der Waals surface area contributed by atoms with Crippen LogP contribution in [0.15, 0.2) is 0 Å². The molecule has 61 heavy (non-hydrogen) atoms. The maximum Gasteiger partial charge on any atom is 0.303 e. The molecular formula is C38H54O23. The van der Waals surface area contributed by atoms with E-state index in [0.717, 1.165) is 48.5 Å². The number of carbonyl (C=O) groups is 7. The molecule has 9 unspecified atom stereocenters. The fourth-order valence-corrected chi connectivity index (χ4v) is 7.62. The van der Waals surface area contributed by atoms with Crippen molar-refractivity contribution in [2.75, 3.05) is 19.8 Å².